The molecule has 2 rings (SSSR count). The summed E-state index contributed by atoms with van der Waals surface area (Å²) in [5.74, 6) is 1.25. The molecule has 24 heavy (non-hydrogen) atoms. The molecule has 2 heterocycles. The Morgan fingerprint density at radius 2 is 1.88 bits per heavy atom. The van der Waals surface area contributed by atoms with E-state index in [0.717, 1.165) is 24.1 Å². The number of pyridine rings is 1. The first-order valence-corrected chi connectivity index (χ1v) is 8.38. The predicted octanol–water partition coefficient (Wildman–Crippen LogP) is 2.82. The minimum Gasteiger partial charge on any atom is -0.359 e. The van der Waals surface area contributed by atoms with Crippen molar-refractivity contribution in [2.75, 3.05) is 5.32 Å². The summed E-state index contributed by atoms with van der Waals surface area (Å²) in [6.45, 7) is 7.91. The van der Waals surface area contributed by atoms with Crippen molar-refractivity contribution in [3.8, 4) is 11.4 Å². The Bertz CT molecular complexity index is 674. The number of aromatic nitrogens is 3. The normalized spacial score (nSPS) is 13.2. The molecule has 0 saturated heterocycles. The van der Waals surface area contributed by atoms with Gasteiger partial charge in [0.25, 0.3) is 0 Å². The molecule has 0 aliphatic rings. The molecule has 128 valence electrons. The summed E-state index contributed by atoms with van der Waals surface area (Å²) in [5, 5.41) is 6.15. The second-order valence-corrected chi connectivity index (χ2v) is 5.84. The minimum absolute atomic E-state index is 0.0357. The number of anilines is 1. The van der Waals surface area contributed by atoms with Crippen molar-refractivity contribution in [2.24, 2.45) is 0 Å². The molecule has 6 nitrogen and oxygen atoms in total. The van der Waals surface area contributed by atoms with Crippen LogP contribution in [0, 0.1) is 0 Å². The topological polar surface area (TPSA) is 79.8 Å². The van der Waals surface area contributed by atoms with Gasteiger partial charge in [-0.2, -0.15) is 0 Å². The number of rotatable bonds is 7. The molecular formula is C18H25N5O. The zero-order valence-corrected chi connectivity index (χ0v) is 14.7. The van der Waals surface area contributed by atoms with Gasteiger partial charge >= 0.3 is 0 Å². The van der Waals surface area contributed by atoms with Crippen molar-refractivity contribution < 1.29 is 4.79 Å². The lowest BCUT2D eigenvalue weighted by molar-refractivity contribution is -0.122. The van der Waals surface area contributed by atoms with Crippen molar-refractivity contribution in [3.05, 3.63) is 36.3 Å². The lowest BCUT2D eigenvalue weighted by atomic mass is 10.2. The average Bonchev–Trinajstić information content (AvgIpc) is 2.61. The molecule has 1 amide bonds. The zero-order chi connectivity index (χ0) is 17.5. The van der Waals surface area contributed by atoms with E-state index in [9.17, 15) is 4.79 Å². The van der Waals surface area contributed by atoms with Crippen LogP contribution in [-0.2, 0) is 11.2 Å². The fraction of sp³-hybridized carbons (Fsp3) is 0.444. The molecule has 0 aliphatic carbocycles. The summed E-state index contributed by atoms with van der Waals surface area (Å²) in [4.78, 5) is 25.3. The van der Waals surface area contributed by atoms with Crippen molar-refractivity contribution >= 4 is 11.7 Å². The molecule has 2 atom stereocenters. The first kappa shape index (κ1) is 17.8. The third kappa shape index (κ3) is 4.75. The Kier molecular flexibility index (Phi) is 6.23. The van der Waals surface area contributed by atoms with Crippen molar-refractivity contribution in [3.63, 3.8) is 0 Å². The molecule has 0 aromatic carbocycles. The van der Waals surface area contributed by atoms with Gasteiger partial charge < -0.3 is 10.6 Å². The van der Waals surface area contributed by atoms with Crippen molar-refractivity contribution in [1.29, 1.82) is 0 Å². The van der Waals surface area contributed by atoms with E-state index in [2.05, 4.69) is 25.6 Å². The second-order valence-electron chi connectivity index (χ2n) is 5.84. The molecule has 2 aromatic rings. The van der Waals surface area contributed by atoms with Gasteiger partial charge in [-0.25, -0.2) is 9.97 Å². The standard InChI is InChI=1S/C18H25N5O/c1-5-12(3)20-18(24)13(4)21-16-11-15(6-2)22-17(23-16)14-7-9-19-10-8-14/h7-13H,5-6H2,1-4H3,(H,20,24)(H,21,22,23). The number of carbonyl (C=O) groups excluding carboxylic acids is 1. The van der Waals surface area contributed by atoms with Gasteiger partial charge in [0.1, 0.15) is 11.9 Å². The Balaban J connectivity index is 2.19. The maximum atomic E-state index is 12.2. The van der Waals surface area contributed by atoms with E-state index in [1.54, 1.807) is 12.4 Å². The number of hydrogen-bond acceptors (Lipinski definition) is 5. The van der Waals surface area contributed by atoms with Crippen LogP contribution in [0.4, 0.5) is 5.82 Å². The third-order valence-corrected chi connectivity index (χ3v) is 3.84. The maximum Gasteiger partial charge on any atom is 0.242 e. The van der Waals surface area contributed by atoms with Crippen LogP contribution in [0.3, 0.4) is 0 Å². The summed E-state index contributed by atoms with van der Waals surface area (Å²) in [7, 11) is 0. The van der Waals surface area contributed by atoms with Crippen LogP contribution >= 0.6 is 0 Å². The number of amides is 1. The smallest absolute Gasteiger partial charge is 0.242 e. The van der Waals surface area contributed by atoms with Crippen LogP contribution in [0.5, 0.6) is 0 Å². The Hall–Kier alpha value is -2.50. The third-order valence-electron chi connectivity index (χ3n) is 3.84. The number of aryl methyl sites for hydroxylation is 1. The lowest BCUT2D eigenvalue weighted by Gasteiger charge is -2.18. The van der Waals surface area contributed by atoms with Crippen LogP contribution in [0.25, 0.3) is 11.4 Å². The maximum absolute atomic E-state index is 12.2. The molecule has 0 fully saturated rings. The first-order valence-electron chi connectivity index (χ1n) is 8.38. The number of nitrogens with one attached hydrogen (secondary N) is 2. The Morgan fingerprint density at radius 1 is 1.17 bits per heavy atom. The quantitative estimate of drug-likeness (QED) is 0.817. The van der Waals surface area contributed by atoms with Gasteiger partial charge in [0.2, 0.25) is 5.91 Å². The molecule has 0 saturated carbocycles. The van der Waals surface area contributed by atoms with E-state index in [-0.39, 0.29) is 18.0 Å². The highest BCUT2D eigenvalue weighted by Crippen LogP contribution is 2.18. The summed E-state index contributed by atoms with van der Waals surface area (Å²) < 4.78 is 0. The molecule has 0 aliphatic heterocycles. The molecule has 6 heteroatoms. The number of nitrogens with zero attached hydrogens (tertiary/aromatic N) is 3. The Morgan fingerprint density at radius 3 is 2.50 bits per heavy atom. The predicted molar refractivity (Wildman–Crippen MR) is 95.6 cm³/mol. The largest absolute Gasteiger partial charge is 0.359 e. The van der Waals surface area contributed by atoms with Crippen LogP contribution in [0.2, 0.25) is 0 Å². The number of carbonyl (C=O) groups is 1. The molecular weight excluding hydrogens is 302 g/mol. The SMILES string of the molecule is CCc1cc(NC(C)C(=O)NC(C)CC)nc(-c2ccncc2)n1. The minimum atomic E-state index is -0.371. The van der Waals surface area contributed by atoms with E-state index >= 15 is 0 Å². The molecule has 2 unspecified atom stereocenters. The molecule has 2 N–H and O–H groups in total. The van der Waals surface area contributed by atoms with Gasteiger partial charge in [0.05, 0.1) is 0 Å². The highest BCUT2D eigenvalue weighted by molar-refractivity contribution is 5.84. The summed E-state index contributed by atoms with van der Waals surface area (Å²) in [6.07, 6.45) is 5.13. The lowest BCUT2D eigenvalue weighted by Crippen LogP contribution is -2.42. The van der Waals surface area contributed by atoms with E-state index in [1.807, 2.05) is 45.9 Å². The van der Waals surface area contributed by atoms with E-state index in [4.69, 9.17) is 0 Å². The summed E-state index contributed by atoms with van der Waals surface area (Å²) in [6, 6.07) is 5.42. The van der Waals surface area contributed by atoms with Crippen LogP contribution in [0.1, 0.15) is 39.8 Å². The van der Waals surface area contributed by atoms with Crippen LogP contribution in [0.15, 0.2) is 30.6 Å². The van der Waals surface area contributed by atoms with Gasteiger partial charge in [-0.15, -0.1) is 0 Å². The zero-order valence-electron chi connectivity index (χ0n) is 14.7. The summed E-state index contributed by atoms with van der Waals surface area (Å²) >= 11 is 0. The fourth-order valence-corrected chi connectivity index (χ4v) is 2.14. The van der Waals surface area contributed by atoms with Crippen LogP contribution in [-0.4, -0.2) is 32.9 Å². The van der Waals surface area contributed by atoms with Crippen molar-refractivity contribution in [2.45, 2.75) is 52.6 Å². The molecule has 0 radical (unpaired) electrons. The van der Waals surface area contributed by atoms with Gasteiger partial charge in [-0.05, 0) is 38.8 Å². The van der Waals surface area contributed by atoms with E-state index in [0.29, 0.717) is 11.6 Å². The highest BCUT2D eigenvalue weighted by atomic mass is 16.2. The second kappa shape index (κ2) is 8.38. The molecule has 0 spiro atoms. The van der Waals surface area contributed by atoms with Crippen LogP contribution < -0.4 is 10.6 Å². The highest BCUT2D eigenvalue weighted by Gasteiger charge is 2.16. The molecule has 2 aromatic heterocycles. The Labute approximate surface area is 143 Å². The van der Waals surface area contributed by atoms with E-state index < -0.39 is 0 Å². The summed E-state index contributed by atoms with van der Waals surface area (Å²) in [5.41, 5.74) is 1.83. The van der Waals surface area contributed by atoms with Gasteiger partial charge in [0, 0.05) is 35.8 Å². The van der Waals surface area contributed by atoms with Crippen molar-refractivity contribution in [1.82, 2.24) is 20.3 Å². The van der Waals surface area contributed by atoms with Gasteiger partial charge in [0.15, 0.2) is 5.82 Å². The molecule has 0 bridgehead atoms. The van der Waals surface area contributed by atoms with Gasteiger partial charge in [-0.3, -0.25) is 9.78 Å². The number of hydrogen-bond donors (Lipinski definition) is 2. The van der Waals surface area contributed by atoms with E-state index in [1.165, 1.54) is 0 Å². The average molecular weight is 327 g/mol. The fourth-order valence-electron chi connectivity index (χ4n) is 2.14. The monoisotopic (exact) mass is 327 g/mol. The van der Waals surface area contributed by atoms with Gasteiger partial charge in [-0.1, -0.05) is 13.8 Å². The first-order chi connectivity index (χ1) is 11.5.